The Kier molecular flexibility index (Phi) is 8.44. The molecule has 0 radical (unpaired) electrons. The first kappa shape index (κ1) is 27.7. The van der Waals surface area contributed by atoms with Gasteiger partial charge in [0.05, 0.1) is 25.3 Å². The topological polar surface area (TPSA) is 76.1 Å². The number of aliphatic hydroxyl groups excluding tert-OH is 1. The summed E-state index contributed by atoms with van der Waals surface area (Å²) in [6, 6.07) is 20.5. The Balaban J connectivity index is 1.61. The third-order valence-corrected chi connectivity index (χ3v) is 6.93. The summed E-state index contributed by atoms with van der Waals surface area (Å²) in [5, 5.41) is 11.6. The molecule has 0 heterocycles. The predicted octanol–water partition coefficient (Wildman–Crippen LogP) is 6.62. The van der Waals surface area contributed by atoms with Crippen LogP contribution in [-0.2, 0) is 22.3 Å². The molecule has 1 amide bonds. The first-order chi connectivity index (χ1) is 18.0. The maximum atomic E-state index is 13.3. The van der Waals surface area contributed by atoms with Crippen LogP contribution in [0.4, 0.5) is 4.79 Å². The SMILES string of the molecule is COC(=O)c1cccc(-c2ccc3c(c2)CC(N(CC(O)c2cccc(Cl)c2)C(=O)OC(C)(C)C)CC3)c1. The summed E-state index contributed by atoms with van der Waals surface area (Å²) >= 11 is 6.14. The van der Waals surface area contributed by atoms with E-state index in [1.54, 1.807) is 35.2 Å². The van der Waals surface area contributed by atoms with Crippen molar-refractivity contribution in [2.24, 2.45) is 0 Å². The lowest BCUT2D eigenvalue weighted by Crippen LogP contribution is -2.47. The Morgan fingerprint density at radius 3 is 2.47 bits per heavy atom. The van der Waals surface area contributed by atoms with Gasteiger partial charge in [-0.25, -0.2) is 9.59 Å². The summed E-state index contributed by atoms with van der Waals surface area (Å²) in [5.74, 6) is -0.379. The van der Waals surface area contributed by atoms with Gasteiger partial charge in [0.25, 0.3) is 0 Å². The molecule has 0 bridgehead atoms. The van der Waals surface area contributed by atoms with Crippen molar-refractivity contribution in [1.82, 2.24) is 4.90 Å². The summed E-state index contributed by atoms with van der Waals surface area (Å²) in [7, 11) is 1.37. The number of benzene rings is 3. The average Bonchev–Trinajstić information content (AvgIpc) is 2.89. The van der Waals surface area contributed by atoms with Gasteiger partial charge in [-0.2, -0.15) is 0 Å². The van der Waals surface area contributed by atoms with Crippen molar-refractivity contribution in [3.8, 4) is 11.1 Å². The van der Waals surface area contributed by atoms with E-state index in [4.69, 9.17) is 21.1 Å². The lowest BCUT2D eigenvalue weighted by Gasteiger charge is -2.37. The Morgan fingerprint density at radius 2 is 1.76 bits per heavy atom. The van der Waals surface area contributed by atoms with Crippen LogP contribution in [0.25, 0.3) is 11.1 Å². The van der Waals surface area contributed by atoms with Gasteiger partial charge in [0, 0.05) is 11.1 Å². The molecule has 6 nitrogen and oxygen atoms in total. The summed E-state index contributed by atoms with van der Waals surface area (Å²) in [5.41, 5.74) is 4.74. The van der Waals surface area contributed by atoms with Crippen LogP contribution >= 0.6 is 11.6 Å². The van der Waals surface area contributed by atoms with Crippen molar-refractivity contribution in [1.29, 1.82) is 0 Å². The number of nitrogens with zero attached hydrogens (tertiary/aromatic N) is 1. The molecule has 200 valence electrons. The number of aliphatic hydroxyl groups is 1. The van der Waals surface area contributed by atoms with Crippen LogP contribution in [0.3, 0.4) is 0 Å². The zero-order valence-corrected chi connectivity index (χ0v) is 23.0. The Morgan fingerprint density at radius 1 is 1.03 bits per heavy atom. The monoisotopic (exact) mass is 535 g/mol. The molecule has 0 fully saturated rings. The molecule has 0 spiro atoms. The molecule has 2 unspecified atom stereocenters. The van der Waals surface area contributed by atoms with E-state index in [1.807, 2.05) is 39.0 Å². The maximum absolute atomic E-state index is 13.3. The second-order valence-electron chi connectivity index (χ2n) is 10.7. The molecule has 0 aromatic heterocycles. The van der Waals surface area contributed by atoms with Gasteiger partial charge in [0.15, 0.2) is 0 Å². The van der Waals surface area contributed by atoms with Crippen LogP contribution in [0.15, 0.2) is 66.7 Å². The number of esters is 1. The van der Waals surface area contributed by atoms with Gasteiger partial charge in [-0.1, -0.05) is 54.1 Å². The molecule has 38 heavy (non-hydrogen) atoms. The minimum absolute atomic E-state index is 0.0934. The molecular formula is C31H34ClNO5. The Bertz CT molecular complexity index is 1320. The summed E-state index contributed by atoms with van der Waals surface area (Å²) in [4.78, 5) is 27.0. The van der Waals surface area contributed by atoms with E-state index in [-0.39, 0.29) is 18.6 Å². The number of amides is 1. The molecular weight excluding hydrogens is 502 g/mol. The highest BCUT2D eigenvalue weighted by Crippen LogP contribution is 2.31. The lowest BCUT2D eigenvalue weighted by molar-refractivity contribution is 0.00195. The second-order valence-corrected chi connectivity index (χ2v) is 11.1. The number of aryl methyl sites for hydroxylation is 1. The first-order valence-electron chi connectivity index (χ1n) is 12.8. The van der Waals surface area contributed by atoms with Crippen LogP contribution in [0.2, 0.25) is 5.02 Å². The highest BCUT2D eigenvalue weighted by atomic mass is 35.5. The molecule has 1 aliphatic rings. The Hall–Kier alpha value is -3.35. The quantitative estimate of drug-likeness (QED) is 0.359. The van der Waals surface area contributed by atoms with Crippen molar-refractivity contribution >= 4 is 23.7 Å². The number of rotatable bonds is 6. The van der Waals surface area contributed by atoms with Crippen molar-refractivity contribution in [2.45, 2.75) is 57.8 Å². The molecule has 0 saturated heterocycles. The van der Waals surface area contributed by atoms with Crippen molar-refractivity contribution in [3.63, 3.8) is 0 Å². The molecule has 3 aromatic carbocycles. The molecule has 1 N–H and O–H groups in total. The lowest BCUT2D eigenvalue weighted by atomic mass is 9.85. The fraction of sp³-hybridized carbons (Fsp3) is 0.355. The van der Waals surface area contributed by atoms with Gasteiger partial charge < -0.3 is 19.5 Å². The van der Waals surface area contributed by atoms with Crippen molar-refractivity contribution < 1.29 is 24.2 Å². The highest BCUT2D eigenvalue weighted by Gasteiger charge is 2.33. The predicted molar refractivity (Wildman–Crippen MR) is 148 cm³/mol. The average molecular weight is 536 g/mol. The smallest absolute Gasteiger partial charge is 0.410 e. The van der Waals surface area contributed by atoms with Gasteiger partial charge in [-0.05, 0) is 92.1 Å². The minimum Gasteiger partial charge on any atom is -0.465 e. The molecule has 1 aliphatic carbocycles. The third kappa shape index (κ3) is 6.74. The zero-order valence-electron chi connectivity index (χ0n) is 22.2. The van der Waals surface area contributed by atoms with Crippen molar-refractivity contribution in [2.75, 3.05) is 13.7 Å². The molecule has 7 heteroatoms. The number of carbonyl (C=O) groups is 2. The summed E-state index contributed by atoms with van der Waals surface area (Å²) < 4.78 is 10.6. The van der Waals surface area contributed by atoms with Crippen molar-refractivity contribution in [3.05, 3.63) is 94.0 Å². The largest absolute Gasteiger partial charge is 0.465 e. The van der Waals surface area contributed by atoms with Crippen LogP contribution < -0.4 is 0 Å². The van der Waals surface area contributed by atoms with Gasteiger partial charge in [-0.15, -0.1) is 0 Å². The minimum atomic E-state index is -0.907. The number of hydrogen-bond acceptors (Lipinski definition) is 5. The Labute approximate surface area is 229 Å². The summed E-state index contributed by atoms with van der Waals surface area (Å²) in [6.45, 7) is 5.60. The number of fused-ring (bicyclic) bond motifs is 1. The van der Waals surface area contributed by atoms with Gasteiger partial charge >= 0.3 is 12.1 Å². The van der Waals surface area contributed by atoms with Crippen LogP contribution in [0, 0.1) is 0 Å². The van der Waals surface area contributed by atoms with E-state index in [1.165, 1.54) is 12.7 Å². The standard InChI is InChI=1S/C31H34ClNO5/c1-31(2,3)38-30(36)33(19-28(34)23-8-6-10-26(32)17-23)27-14-13-20-11-12-22(16-25(20)18-27)21-7-5-9-24(15-21)29(35)37-4/h5-12,15-17,27-28,34H,13-14,18-19H2,1-4H3. The zero-order chi connectivity index (χ0) is 27.4. The van der Waals surface area contributed by atoms with Crippen LogP contribution in [0.5, 0.6) is 0 Å². The molecule has 0 aliphatic heterocycles. The molecule has 2 atom stereocenters. The third-order valence-electron chi connectivity index (χ3n) is 6.70. The second kappa shape index (κ2) is 11.6. The number of hydrogen-bond donors (Lipinski definition) is 1. The van der Waals surface area contributed by atoms with E-state index in [0.717, 1.165) is 29.5 Å². The van der Waals surface area contributed by atoms with E-state index in [9.17, 15) is 14.7 Å². The number of methoxy groups -OCH3 is 1. The molecule has 3 aromatic rings. The number of carbonyl (C=O) groups excluding carboxylic acids is 2. The maximum Gasteiger partial charge on any atom is 0.410 e. The van der Waals surface area contributed by atoms with E-state index < -0.39 is 17.8 Å². The molecule has 4 rings (SSSR count). The fourth-order valence-electron chi connectivity index (χ4n) is 4.83. The van der Waals surface area contributed by atoms with Gasteiger partial charge in [0.2, 0.25) is 0 Å². The highest BCUT2D eigenvalue weighted by molar-refractivity contribution is 6.30. The molecule has 0 saturated carbocycles. The van der Waals surface area contributed by atoms with Gasteiger partial charge in [-0.3, -0.25) is 0 Å². The van der Waals surface area contributed by atoms with Crippen LogP contribution in [0.1, 0.15) is 60.3 Å². The van der Waals surface area contributed by atoms with Gasteiger partial charge in [0.1, 0.15) is 5.60 Å². The van der Waals surface area contributed by atoms with E-state index >= 15 is 0 Å². The number of halogens is 1. The normalized spacial score (nSPS) is 15.8. The van der Waals surface area contributed by atoms with Crippen LogP contribution in [-0.4, -0.2) is 47.4 Å². The fourth-order valence-corrected chi connectivity index (χ4v) is 5.02. The first-order valence-corrected chi connectivity index (χ1v) is 13.2. The number of ether oxygens (including phenoxy) is 2. The summed E-state index contributed by atoms with van der Waals surface area (Å²) in [6.07, 6.45) is 0.825. The van der Waals surface area contributed by atoms with E-state index in [0.29, 0.717) is 22.6 Å². The van der Waals surface area contributed by atoms with E-state index in [2.05, 4.69) is 18.2 Å².